The van der Waals surface area contributed by atoms with Crippen LogP contribution in [0.2, 0.25) is 0 Å². The molecule has 0 bridgehead atoms. The molecule has 0 fully saturated rings. The zero-order valence-corrected chi connectivity index (χ0v) is 18.2. The standard InChI is InChI=1S/C25H27NO5/c1-29-21-16-19(17-22(30-2)24(21)31-3)12-14-23(27)26-15-7-10-20(25(26)28)13-11-18-8-5-4-6-9-18/h8,10,12,14,16-17H,4-7,9,15H2,1-3H3. The van der Waals surface area contributed by atoms with E-state index < -0.39 is 0 Å². The average Bonchev–Trinajstić information content (AvgIpc) is 2.81. The summed E-state index contributed by atoms with van der Waals surface area (Å²) < 4.78 is 16.0. The number of amides is 2. The highest BCUT2D eigenvalue weighted by Gasteiger charge is 2.25. The average molecular weight is 421 g/mol. The van der Waals surface area contributed by atoms with E-state index in [4.69, 9.17) is 14.2 Å². The van der Waals surface area contributed by atoms with Gasteiger partial charge < -0.3 is 14.2 Å². The summed E-state index contributed by atoms with van der Waals surface area (Å²) in [4.78, 5) is 26.7. The summed E-state index contributed by atoms with van der Waals surface area (Å²) in [6.45, 7) is 0.338. The van der Waals surface area contributed by atoms with Gasteiger partial charge in [-0.15, -0.1) is 0 Å². The van der Waals surface area contributed by atoms with Gasteiger partial charge in [0.2, 0.25) is 5.75 Å². The van der Waals surface area contributed by atoms with Crippen molar-refractivity contribution < 1.29 is 23.8 Å². The van der Waals surface area contributed by atoms with Crippen molar-refractivity contribution in [2.45, 2.75) is 32.1 Å². The van der Waals surface area contributed by atoms with E-state index in [9.17, 15) is 9.59 Å². The number of hydrogen-bond acceptors (Lipinski definition) is 5. The molecule has 0 saturated heterocycles. The van der Waals surface area contributed by atoms with Crippen LogP contribution in [0.25, 0.3) is 6.08 Å². The zero-order chi connectivity index (χ0) is 22.2. The van der Waals surface area contributed by atoms with Crippen molar-refractivity contribution in [2.75, 3.05) is 27.9 Å². The number of rotatable bonds is 5. The number of hydrogen-bond donors (Lipinski definition) is 0. The van der Waals surface area contributed by atoms with Gasteiger partial charge in [0.05, 0.1) is 26.9 Å². The third kappa shape index (κ3) is 5.37. The first-order chi connectivity index (χ1) is 15.1. The molecule has 0 unspecified atom stereocenters. The number of methoxy groups -OCH3 is 3. The summed E-state index contributed by atoms with van der Waals surface area (Å²) in [5.41, 5.74) is 2.14. The van der Waals surface area contributed by atoms with Crippen LogP contribution in [0.1, 0.15) is 37.7 Å². The number of nitrogens with zero attached hydrogens (tertiary/aromatic N) is 1. The van der Waals surface area contributed by atoms with E-state index in [0.29, 0.717) is 41.4 Å². The highest BCUT2D eigenvalue weighted by molar-refractivity contribution is 6.11. The topological polar surface area (TPSA) is 65.1 Å². The Morgan fingerprint density at radius 2 is 1.74 bits per heavy atom. The Morgan fingerprint density at radius 3 is 2.35 bits per heavy atom. The van der Waals surface area contributed by atoms with Gasteiger partial charge in [-0.1, -0.05) is 24.0 Å². The van der Waals surface area contributed by atoms with Crippen molar-refractivity contribution in [1.29, 1.82) is 0 Å². The van der Waals surface area contributed by atoms with Crippen LogP contribution in [0.3, 0.4) is 0 Å². The van der Waals surface area contributed by atoms with Gasteiger partial charge in [0.25, 0.3) is 11.8 Å². The molecule has 1 aromatic rings. The van der Waals surface area contributed by atoms with Crippen LogP contribution in [0, 0.1) is 11.8 Å². The van der Waals surface area contributed by atoms with E-state index in [2.05, 4.69) is 17.9 Å². The molecular weight excluding hydrogens is 394 g/mol. The van der Waals surface area contributed by atoms with Gasteiger partial charge in [-0.3, -0.25) is 14.5 Å². The summed E-state index contributed by atoms with van der Waals surface area (Å²) in [6.07, 6.45) is 11.8. The van der Waals surface area contributed by atoms with Crippen molar-refractivity contribution in [1.82, 2.24) is 4.90 Å². The molecule has 6 heteroatoms. The molecule has 1 aliphatic carbocycles. The lowest BCUT2D eigenvalue weighted by molar-refractivity contribution is -0.139. The quantitative estimate of drug-likeness (QED) is 0.533. The normalized spacial score (nSPS) is 16.2. The van der Waals surface area contributed by atoms with Crippen molar-refractivity contribution >= 4 is 17.9 Å². The molecule has 2 aliphatic rings. The smallest absolute Gasteiger partial charge is 0.268 e. The number of imide groups is 1. The maximum absolute atomic E-state index is 12.8. The van der Waals surface area contributed by atoms with Gasteiger partial charge in [-0.2, -0.15) is 0 Å². The van der Waals surface area contributed by atoms with Gasteiger partial charge in [-0.25, -0.2) is 0 Å². The molecule has 0 radical (unpaired) electrons. The fraction of sp³-hybridized carbons (Fsp3) is 0.360. The van der Waals surface area contributed by atoms with Gasteiger partial charge in [0, 0.05) is 12.6 Å². The maximum atomic E-state index is 12.8. The highest BCUT2D eigenvalue weighted by atomic mass is 16.5. The first-order valence-electron chi connectivity index (χ1n) is 10.3. The molecule has 3 rings (SSSR count). The minimum Gasteiger partial charge on any atom is -0.493 e. The fourth-order valence-electron chi connectivity index (χ4n) is 3.54. The van der Waals surface area contributed by atoms with Crippen LogP contribution < -0.4 is 14.2 Å². The highest BCUT2D eigenvalue weighted by Crippen LogP contribution is 2.38. The van der Waals surface area contributed by atoms with E-state index in [1.807, 2.05) is 6.08 Å². The first-order valence-corrected chi connectivity index (χ1v) is 10.3. The second-order valence-corrected chi connectivity index (χ2v) is 7.22. The number of carbonyl (C=O) groups is 2. The molecular formula is C25H27NO5. The Morgan fingerprint density at radius 1 is 1.00 bits per heavy atom. The molecule has 1 heterocycles. The molecule has 6 nitrogen and oxygen atoms in total. The first kappa shape index (κ1) is 22.2. The molecule has 31 heavy (non-hydrogen) atoms. The molecule has 0 N–H and O–H groups in total. The Hall–Kier alpha value is -3.46. The Kier molecular flexibility index (Phi) is 7.55. The third-order valence-corrected chi connectivity index (χ3v) is 5.20. The predicted molar refractivity (Wildman–Crippen MR) is 119 cm³/mol. The van der Waals surface area contributed by atoms with Crippen LogP contribution in [0.15, 0.2) is 41.5 Å². The third-order valence-electron chi connectivity index (χ3n) is 5.20. The van der Waals surface area contributed by atoms with Crippen molar-refractivity contribution in [3.63, 3.8) is 0 Å². The lowest BCUT2D eigenvalue weighted by atomic mass is 9.99. The minimum absolute atomic E-state index is 0.338. The summed E-state index contributed by atoms with van der Waals surface area (Å²) in [5, 5.41) is 0. The van der Waals surface area contributed by atoms with Gasteiger partial charge in [0.15, 0.2) is 11.5 Å². The summed E-state index contributed by atoms with van der Waals surface area (Å²) in [5.74, 6) is 6.78. The maximum Gasteiger partial charge on any atom is 0.268 e. The van der Waals surface area contributed by atoms with Gasteiger partial charge in [0.1, 0.15) is 0 Å². The van der Waals surface area contributed by atoms with Crippen LogP contribution in [0.5, 0.6) is 17.2 Å². The lowest BCUT2D eigenvalue weighted by Gasteiger charge is -2.22. The molecule has 0 spiro atoms. The molecule has 0 saturated carbocycles. The summed E-state index contributed by atoms with van der Waals surface area (Å²) in [6, 6.07) is 3.47. The largest absolute Gasteiger partial charge is 0.493 e. The second kappa shape index (κ2) is 10.5. The number of carbonyl (C=O) groups excluding carboxylic acids is 2. The van der Waals surface area contributed by atoms with E-state index in [1.54, 1.807) is 18.2 Å². The van der Waals surface area contributed by atoms with Crippen molar-refractivity contribution in [3.05, 3.63) is 47.1 Å². The number of allylic oxidation sites excluding steroid dienone is 2. The molecule has 0 atom stereocenters. The SMILES string of the molecule is COc1cc(C=CC(=O)N2CCC=C(C#CC3=CCCCC3)C2=O)cc(OC)c1OC. The van der Waals surface area contributed by atoms with E-state index in [1.165, 1.54) is 38.7 Å². The zero-order valence-electron chi connectivity index (χ0n) is 18.2. The van der Waals surface area contributed by atoms with E-state index in [0.717, 1.165) is 24.8 Å². The molecule has 162 valence electrons. The Balaban J connectivity index is 1.74. The van der Waals surface area contributed by atoms with Crippen molar-refractivity contribution in [3.8, 4) is 29.1 Å². The predicted octanol–water partition coefficient (Wildman–Crippen LogP) is 3.91. The summed E-state index contributed by atoms with van der Waals surface area (Å²) >= 11 is 0. The van der Waals surface area contributed by atoms with E-state index in [-0.39, 0.29) is 11.8 Å². The summed E-state index contributed by atoms with van der Waals surface area (Å²) in [7, 11) is 4.58. The molecule has 0 aromatic heterocycles. The van der Waals surface area contributed by atoms with Crippen LogP contribution >= 0.6 is 0 Å². The molecule has 2 amide bonds. The van der Waals surface area contributed by atoms with Crippen LogP contribution in [-0.2, 0) is 9.59 Å². The van der Waals surface area contributed by atoms with Gasteiger partial charge in [-0.05, 0) is 61.4 Å². The monoisotopic (exact) mass is 421 g/mol. The Bertz CT molecular complexity index is 981. The number of benzene rings is 1. The fourth-order valence-corrected chi connectivity index (χ4v) is 3.54. The molecule has 1 aromatic carbocycles. The lowest BCUT2D eigenvalue weighted by Crippen LogP contribution is -2.39. The Labute approximate surface area is 183 Å². The van der Waals surface area contributed by atoms with E-state index >= 15 is 0 Å². The number of ether oxygens (including phenoxy) is 3. The van der Waals surface area contributed by atoms with Crippen LogP contribution in [0.4, 0.5) is 0 Å². The van der Waals surface area contributed by atoms with Crippen LogP contribution in [-0.4, -0.2) is 44.6 Å². The van der Waals surface area contributed by atoms with Gasteiger partial charge >= 0.3 is 0 Å². The molecule has 1 aliphatic heterocycles. The minimum atomic E-state index is -0.386. The second-order valence-electron chi connectivity index (χ2n) is 7.22. The van der Waals surface area contributed by atoms with Crippen molar-refractivity contribution in [2.24, 2.45) is 0 Å².